The number of carbonyl (C=O) groups excluding carboxylic acids is 2. The highest BCUT2D eigenvalue weighted by Crippen LogP contribution is 2.33. The topological polar surface area (TPSA) is 138 Å². The third-order valence-corrected chi connectivity index (χ3v) is 7.49. The van der Waals surface area contributed by atoms with Gasteiger partial charge in [0.25, 0.3) is 0 Å². The zero-order valence-electron chi connectivity index (χ0n) is 22.5. The molecule has 0 saturated heterocycles. The van der Waals surface area contributed by atoms with E-state index in [4.69, 9.17) is 20.4 Å². The number of carbonyl (C=O) groups is 2. The molecule has 1 saturated carbocycles. The Bertz CT molecular complexity index is 1720. The molecule has 1 aliphatic carbocycles. The summed E-state index contributed by atoms with van der Waals surface area (Å²) in [4.78, 5) is 43.6. The van der Waals surface area contributed by atoms with Crippen LogP contribution in [0.3, 0.4) is 0 Å². The van der Waals surface area contributed by atoms with Crippen LogP contribution in [0.1, 0.15) is 25.7 Å². The number of nitrogens with one attached hydrogen (secondary N) is 1. The fourth-order valence-corrected chi connectivity index (χ4v) is 5.39. The molecule has 10 nitrogen and oxygen atoms in total. The lowest BCUT2D eigenvalue weighted by Crippen LogP contribution is -2.31. The minimum absolute atomic E-state index is 0.148. The van der Waals surface area contributed by atoms with E-state index < -0.39 is 0 Å². The fraction of sp³-hybridized carbons (Fsp3) is 0.226. The Morgan fingerprint density at radius 2 is 1.78 bits per heavy atom. The minimum atomic E-state index is -0.271. The average molecular weight is 548 g/mol. The molecule has 0 bridgehead atoms. The maximum atomic E-state index is 13.0. The van der Waals surface area contributed by atoms with Gasteiger partial charge in [-0.15, -0.1) is 0 Å². The van der Waals surface area contributed by atoms with Crippen molar-refractivity contribution in [2.75, 3.05) is 18.2 Å². The summed E-state index contributed by atoms with van der Waals surface area (Å²) in [6, 6.07) is 21.1. The van der Waals surface area contributed by atoms with E-state index in [0.717, 1.165) is 30.5 Å². The summed E-state index contributed by atoms with van der Waals surface area (Å²) < 4.78 is 6.79. The molecule has 2 unspecified atom stereocenters. The van der Waals surface area contributed by atoms with Gasteiger partial charge >= 0.3 is 5.97 Å². The number of nitrogen functional groups attached to an aromatic ring is 1. The highest BCUT2D eigenvalue weighted by molar-refractivity contribution is 5.92. The summed E-state index contributed by atoms with van der Waals surface area (Å²) in [6.45, 7) is 0. The quantitative estimate of drug-likeness (QED) is 0.282. The van der Waals surface area contributed by atoms with E-state index in [9.17, 15) is 9.59 Å². The van der Waals surface area contributed by atoms with Crippen molar-refractivity contribution in [3.8, 4) is 28.3 Å². The number of aromatic nitrogens is 5. The molecule has 41 heavy (non-hydrogen) atoms. The van der Waals surface area contributed by atoms with Crippen molar-refractivity contribution < 1.29 is 14.3 Å². The minimum Gasteiger partial charge on any atom is -0.469 e. The Balaban J connectivity index is 1.34. The first-order valence-electron chi connectivity index (χ1n) is 13.5. The zero-order chi connectivity index (χ0) is 28.3. The van der Waals surface area contributed by atoms with E-state index in [2.05, 4.69) is 15.3 Å². The molecule has 6 rings (SSSR count). The van der Waals surface area contributed by atoms with Crippen molar-refractivity contribution >= 4 is 34.7 Å². The normalized spacial score (nSPS) is 16.8. The molecule has 3 N–H and O–H groups in total. The van der Waals surface area contributed by atoms with Crippen molar-refractivity contribution in [3.63, 3.8) is 0 Å². The van der Waals surface area contributed by atoms with Gasteiger partial charge in [0, 0.05) is 17.7 Å². The maximum Gasteiger partial charge on any atom is 0.308 e. The molecule has 2 atom stereocenters. The van der Waals surface area contributed by atoms with Crippen LogP contribution in [0.25, 0.3) is 39.5 Å². The lowest BCUT2D eigenvalue weighted by molar-refractivity contribution is -0.147. The number of nitrogens with two attached hydrogens (primary N) is 1. The van der Waals surface area contributed by atoms with Crippen molar-refractivity contribution in [2.24, 2.45) is 11.8 Å². The molecule has 0 aliphatic heterocycles. The summed E-state index contributed by atoms with van der Waals surface area (Å²) >= 11 is 0. The van der Waals surface area contributed by atoms with Gasteiger partial charge < -0.3 is 15.8 Å². The predicted molar refractivity (Wildman–Crippen MR) is 156 cm³/mol. The monoisotopic (exact) mass is 547 g/mol. The molecule has 1 aliphatic rings. The van der Waals surface area contributed by atoms with Gasteiger partial charge in [0.1, 0.15) is 17.2 Å². The number of imidazole rings is 1. The second-order valence-electron chi connectivity index (χ2n) is 10.1. The molecule has 4 heterocycles. The Morgan fingerprint density at radius 1 is 0.951 bits per heavy atom. The van der Waals surface area contributed by atoms with Gasteiger partial charge in [-0.3, -0.25) is 14.2 Å². The molecule has 1 fully saturated rings. The summed E-state index contributed by atoms with van der Waals surface area (Å²) in [6.07, 6.45) is 6.05. The predicted octanol–water partition coefficient (Wildman–Crippen LogP) is 5.04. The van der Waals surface area contributed by atoms with Gasteiger partial charge in [0.05, 0.1) is 36.2 Å². The Kier molecular flexibility index (Phi) is 7.11. The number of methoxy groups -OCH3 is 1. The molecule has 0 spiro atoms. The third kappa shape index (κ3) is 5.23. The van der Waals surface area contributed by atoms with Crippen LogP contribution in [0, 0.1) is 11.8 Å². The van der Waals surface area contributed by atoms with Crippen LogP contribution in [0.5, 0.6) is 0 Å². The van der Waals surface area contributed by atoms with E-state index in [0.29, 0.717) is 46.3 Å². The van der Waals surface area contributed by atoms with Crippen molar-refractivity contribution in [1.82, 2.24) is 24.5 Å². The maximum absolute atomic E-state index is 13.0. The first kappa shape index (κ1) is 26.1. The molecule has 10 heteroatoms. The lowest BCUT2D eigenvalue weighted by Gasteiger charge is -2.26. The lowest BCUT2D eigenvalue weighted by atomic mass is 9.81. The fourth-order valence-electron chi connectivity index (χ4n) is 5.39. The number of hydrogen-bond donors (Lipinski definition) is 2. The number of fused-ring (bicyclic) bond motifs is 1. The van der Waals surface area contributed by atoms with Crippen LogP contribution >= 0.6 is 0 Å². The molecule has 4 aromatic heterocycles. The Labute approximate surface area is 236 Å². The van der Waals surface area contributed by atoms with E-state index >= 15 is 0 Å². The number of benzene rings is 1. The van der Waals surface area contributed by atoms with Crippen molar-refractivity contribution in [2.45, 2.75) is 25.7 Å². The number of nitrogens with zero attached hydrogens (tertiary/aromatic N) is 5. The molecule has 5 aromatic rings. The molecular formula is C31H29N7O3. The van der Waals surface area contributed by atoms with Gasteiger partial charge in [0.2, 0.25) is 5.91 Å². The van der Waals surface area contributed by atoms with Gasteiger partial charge in [0.15, 0.2) is 11.5 Å². The average Bonchev–Trinajstić information content (AvgIpc) is 3.40. The largest absolute Gasteiger partial charge is 0.469 e. The number of hydrogen-bond acceptors (Lipinski definition) is 8. The third-order valence-electron chi connectivity index (χ3n) is 7.49. The molecule has 0 radical (unpaired) electrons. The molecule has 1 amide bonds. The number of amides is 1. The van der Waals surface area contributed by atoms with Gasteiger partial charge in [-0.1, -0.05) is 36.8 Å². The smallest absolute Gasteiger partial charge is 0.308 e. The van der Waals surface area contributed by atoms with Crippen LogP contribution in [-0.2, 0) is 14.3 Å². The second kappa shape index (κ2) is 11.2. The summed E-state index contributed by atoms with van der Waals surface area (Å²) in [7, 11) is 1.38. The standard InChI is InChI=1S/C31H29N7O3/c1-41-31(40)21-10-5-9-20(17-21)30(39)37-26-15-12-22(18-34-26)38-28(23-11-6-16-33-27(23)32)36-25-14-13-24(35-29(25)38)19-7-3-2-4-8-19/h2-4,6-8,11-16,18,20-21H,5,9-10,17H2,1H3,(H2,32,33)(H,34,37,39). The highest BCUT2D eigenvalue weighted by atomic mass is 16.5. The van der Waals surface area contributed by atoms with E-state index in [1.54, 1.807) is 18.5 Å². The number of anilines is 2. The van der Waals surface area contributed by atoms with Crippen molar-refractivity contribution in [1.29, 1.82) is 0 Å². The number of ether oxygens (including phenoxy) is 1. The molecular weight excluding hydrogens is 518 g/mol. The van der Waals surface area contributed by atoms with Gasteiger partial charge in [-0.2, -0.15) is 0 Å². The number of rotatable bonds is 6. The zero-order valence-corrected chi connectivity index (χ0v) is 22.5. The van der Waals surface area contributed by atoms with E-state index in [-0.39, 0.29) is 23.7 Å². The summed E-state index contributed by atoms with van der Waals surface area (Å²) in [5.74, 6) is 0.425. The van der Waals surface area contributed by atoms with Crippen LogP contribution < -0.4 is 11.1 Å². The summed E-state index contributed by atoms with van der Waals surface area (Å²) in [5, 5.41) is 2.91. The summed E-state index contributed by atoms with van der Waals surface area (Å²) in [5.41, 5.74) is 10.7. The van der Waals surface area contributed by atoms with Crippen LogP contribution in [0.15, 0.2) is 79.1 Å². The van der Waals surface area contributed by atoms with Gasteiger partial charge in [-0.25, -0.2) is 19.9 Å². The number of esters is 1. The highest BCUT2D eigenvalue weighted by Gasteiger charge is 2.32. The van der Waals surface area contributed by atoms with Gasteiger partial charge in [-0.05, 0) is 55.7 Å². The first-order chi connectivity index (χ1) is 20.0. The Morgan fingerprint density at radius 3 is 2.54 bits per heavy atom. The Hall–Kier alpha value is -5.12. The van der Waals surface area contributed by atoms with E-state index in [1.807, 2.05) is 65.2 Å². The number of pyridine rings is 3. The van der Waals surface area contributed by atoms with Crippen LogP contribution in [0.2, 0.25) is 0 Å². The molecule has 1 aromatic carbocycles. The SMILES string of the molecule is COC(=O)C1CCCC(C(=O)Nc2ccc(-n3c(-c4cccnc4N)nc4ccc(-c5ccccc5)nc43)cn2)C1. The van der Waals surface area contributed by atoms with Crippen LogP contribution in [-0.4, -0.2) is 43.5 Å². The van der Waals surface area contributed by atoms with Crippen molar-refractivity contribution in [3.05, 3.63) is 79.1 Å². The second-order valence-corrected chi connectivity index (χ2v) is 10.1. The van der Waals surface area contributed by atoms with Crippen LogP contribution in [0.4, 0.5) is 11.6 Å². The van der Waals surface area contributed by atoms with E-state index in [1.165, 1.54) is 7.11 Å². The first-order valence-corrected chi connectivity index (χ1v) is 13.5. The molecule has 206 valence electrons.